The summed E-state index contributed by atoms with van der Waals surface area (Å²) in [5.41, 5.74) is 3.42. The van der Waals surface area contributed by atoms with Crippen LogP contribution in [0.15, 0.2) is 66.7 Å². The lowest BCUT2D eigenvalue weighted by Gasteiger charge is -2.33. The van der Waals surface area contributed by atoms with Crippen molar-refractivity contribution in [2.24, 2.45) is 18.4 Å². The first-order valence-corrected chi connectivity index (χ1v) is 11.8. The lowest BCUT2D eigenvalue weighted by Crippen LogP contribution is -2.40. The third-order valence-corrected chi connectivity index (χ3v) is 7.81. The molecule has 0 bridgehead atoms. The van der Waals surface area contributed by atoms with E-state index in [9.17, 15) is 14.0 Å². The summed E-state index contributed by atoms with van der Waals surface area (Å²) >= 11 is 0. The van der Waals surface area contributed by atoms with E-state index in [-0.39, 0.29) is 29.0 Å². The van der Waals surface area contributed by atoms with Crippen LogP contribution in [0.1, 0.15) is 29.6 Å². The van der Waals surface area contributed by atoms with E-state index in [4.69, 9.17) is 0 Å². The van der Waals surface area contributed by atoms with Crippen molar-refractivity contribution in [2.75, 3.05) is 18.4 Å². The topological polar surface area (TPSA) is 54.3 Å². The number of carbonyl (C=O) groups is 2. The standard InChI is InChI=1S/C28H26FN3O2/c1-31-24-8-3-2-7-21(24)22-15-18(9-10-25(22)31)27(34)32-13-11-28(12-14-32)17-23(28)26(33)30-20-6-4-5-19(29)16-20/h2-10,15-16,23H,11-14,17H2,1H3,(H,30,33). The van der Waals surface area contributed by atoms with Gasteiger partial charge >= 0.3 is 0 Å². The number of fused-ring (bicyclic) bond motifs is 3. The zero-order chi connectivity index (χ0) is 23.4. The number of anilines is 1. The van der Waals surface area contributed by atoms with Crippen LogP contribution < -0.4 is 5.32 Å². The molecule has 4 aromatic rings. The van der Waals surface area contributed by atoms with Crippen molar-refractivity contribution in [3.63, 3.8) is 0 Å². The number of nitrogens with one attached hydrogen (secondary N) is 1. The van der Waals surface area contributed by atoms with Gasteiger partial charge in [0, 0.05) is 59.1 Å². The summed E-state index contributed by atoms with van der Waals surface area (Å²) in [6.07, 6.45) is 2.46. The molecule has 5 nitrogen and oxygen atoms in total. The molecule has 1 saturated heterocycles. The first kappa shape index (κ1) is 20.9. The van der Waals surface area contributed by atoms with Gasteiger partial charge < -0.3 is 14.8 Å². The Balaban J connectivity index is 1.14. The first-order chi connectivity index (χ1) is 16.4. The van der Waals surface area contributed by atoms with Gasteiger partial charge in [-0.05, 0) is 67.1 Å². The zero-order valence-corrected chi connectivity index (χ0v) is 19.1. The second-order valence-electron chi connectivity index (χ2n) is 9.72. The van der Waals surface area contributed by atoms with Crippen molar-refractivity contribution in [3.8, 4) is 0 Å². The molecule has 6 rings (SSSR count). The summed E-state index contributed by atoms with van der Waals surface area (Å²) in [6, 6.07) is 20.2. The van der Waals surface area contributed by atoms with E-state index in [1.807, 2.05) is 42.3 Å². The summed E-state index contributed by atoms with van der Waals surface area (Å²) in [5.74, 6) is -0.435. The van der Waals surface area contributed by atoms with Gasteiger partial charge in [0.25, 0.3) is 5.91 Å². The van der Waals surface area contributed by atoms with Crippen LogP contribution in [0.5, 0.6) is 0 Å². The molecule has 34 heavy (non-hydrogen) atoms. The van der Waals surface area contributed by atoms with Crippen LogP contribution in [0.25, 0.3) is 21.8 Å². The lowest BCUT2D eigenvalue weighted by atomic mass is 9.90. The third-order valence-electron chi connectivity index (χ3n) is 7.81. The average molecular weight is 456 g/mol. The molecule has 1 atom stereocenters. The number of carbonyl (C=O) groups excluding carboxylic acids is 2. The lowest BCUT2D eigenvalue weighted by molar-refractivity contribution is -0.118. The van der Waals surface area contributed by atoms with Crippen molar-refractivity contribution in [3.05, 3.63) is 78.1 Å². The molecule has 2 heterocycles. The van der Waals surface area contributed by atoms with Gasteiger partial charge in [0.2, 0.25) is 5.91 Å². The van der Waals surface area contributed by atoms with Gasteiger partial charge in [-0.15, -0.1) is 0 Å². The number of aromatic nitrogens is 1. The van der Waals surface area contributed by atoms with E-state index in [2.05, 4.69) is 22.0 Å². The van der Waals surface area contributed by atoms with Crippen LogP contribution >= 0.6 is 0 Å². The minimum atomic E-state index is -0.364. The largest absolute Gasteiger partial charge is 0.344 e. The normalized spacial score (nSPS) is 19.0. The summed E-state index contributed by atoms with van der Waals surface area (Å²) in [4.78, 5) is 27.9. The average Bonchev–Trinajstić information content (AvgIpc) is 3.48. The van der Waals surface area contributed by atoms with Gasteiger partial charge in [0.1, 0.15) is 5.82 Å². The molecule has 1 aliphatic heterocycles. The number of hydrogen-bond acceptors (Lipinski definition) is 2. The summed E-state index contributed by atoms with van der Waals surface area (Å²) in [7, 11) is 2.05. The van der Waals surface area contributed by atoms with Crippen LogP contribution in [0, 0.1) is 17.2 Å². The Morgan fingerprint density at radius 1 is 0.941 bits per heavy atom. The van der Waals surface area contributed by atoms with Crippen LogP contribution in [0.3, 0.4) is 0 Å². The van der Waals surface area contributed by atoms with E-state index in [1.54, 1.807) is 12.1 Å². The third kappa shape index (κ3) is 3.36. The second-order valence-corrected chi connectivity index (χ2v) is 9.72. The van der Waals surface area contributed by atoms with Gasteiger partial charge in [-0.1, -0.05) is 24.3 Å². The zero-order valence-electron chi connectivity index (χ0n) is 19.1. The maximum Gasteiger partial charge on any atom is 0.253 e. The van der Waals surface area contributed by atoms with E-state index >= 15 is 0 Å². The molecule has 0 radical (unpaired) electrons. The monoisotopic (exact) mass is 455 g/mol. The van der Waals surface area contributed by atoms with Crippen LogP contribution in [-0.4, -0.2) is 34.4 Å². The molecule has 2 fully saturated rings. The van der Waals surface area contributed by atoms with Gasteiger partial charge in [0.15, 0.2) is 0 Å². The number of rotatable bonds is 3. The minimum absolute atomic E-state index is 0.0340. The van der Waals surface area contributed by atoms with Crippen molar-refractivity contribution in [2.45, 2.75) is 19.3 Å². The van der Waals surface area contributed by atoms with Gasteiger partial charge in [-0.25, -0.2) is 4.39 Å². The maximum absolute atomic E-state index is 13.4. The number of para-hydroxylation sites is 1. The molecule has 2 amide bonds. The predicted octanol–water partition coefficient (Wildman–Crippen LogP) is 5.35. The van der Waals surface area contributed by atoms with E-state index in [1.165, 1.54) is 12.1 Å². The number of hydrogen-bond donors (Lipinski definition) is 1. The van der Waals surface area contributed by atoms with Crippen LogP contribution in [0.4, 0.5) is 10.1 Å². The SMILES string of the molecule is Cn1c2ccccc2c2cc(C(=O)N3CCC4(CC3)CC4C(=O)Nc3cccc(F)c3)ccc21. The number of likely N-dealkylation sites (tertiary alicyclic amines) is 1. The first-order valence-electron chi connectivity index (χ1n) is 11.8. The van der Waals surface area contributed by atoms with Gasteiger partial charge in [-0.2, -0.15) is 0 Å². The number of amides is 2. The Labute approximate surface area is 197 Å². The Morgan fingerprint density at radius 2 is 1.71 bits per heavy atom. The number of benzene rings is 3. The molecule has 1 aromatic heterocycles. The highest BCUT2D eigenvalue weighted by Gasteiger charge is 2.58. The Bertz CT molecular complexity index is 1450. The van der Waals surface area contributed by atoms with Crippen molar-refractivity contribution in [1.82, 2.24) is 9.47 Å². The molecule has 2 aliphatic rings. The fraction of sp³-hybridized carbons (Fsp3) is 0.286. The van der Waals surface area contributed by atoms with Gasteiger partial charge in [-0.3, -0.25) is 9.59 Å². The minimum Gasteiger partial charge on any atom is -0.344 e. The Hall–Kier alpha value is -3.67. The molecular weight excluding hydrogens is 429 g/mol. The van der Waals surface area contributed by atoms with Crippen molar-refractivity contribution >= 4 is 39.3 Å². The fourth-order valence-corrected chi connectivity index (χ4v) is 5.71. The number of aryl methyl sites for hydroxylation is 1. The Morgan fingerprint density at radius 3 is 2.50 bits per heavy atom. The summed E-state index contributed by atoms with van der Waals surface area (Å²) in [5, 5.41) is 5.09. The van der Waals surface area contributed by atoms with E-state index in [0.29, 0.717) is 24.3 Å². The number of nitrogens with zero attached hydrogens (tertiary/aromatic N) is 2. The molecule has 1 saturated carbocycles. The highest BCUT2D eigenvalue weighted by atomic mass is 19.1. The highest BCUT2D eigenvalue weighted by molar-refractivity contribution is 6.10. The second kappa shape index (κ2) is 7.69. The molecule has 1 aliphatic carbocycles. The fourth-order valence-electron chi connectivity index (χ4n) is 5.71. The highest BCUT2D eigenvalue weighted by Crippen LogP contribution is 2.59. The number of halogens is 1. The summed E-state index contributed by atoms with van der Waals surface area (Å²) in [6.45, 7) is 1.30. The smallest absolute Gasteiger partial charge is 0.253 e. The number of piperidine rings is 1. The molecule has 172 valence electrons. The molecule has 6 heteroatoms. The molecule has 3 aromatic carbocycles. The van der Waals surface area contributed by atoms with E-state index in [0.717, 1.165) is 41.1 Å². The van der Waals surface area contributed by atoms with Gasteiger partial charge in [0.05, 0.1) is 0 Å². The molecule has 1 unspecified atom stereocenters. The quantitative estimate of drug-likeness (QED) is 0.453. The van der Waals surface area contributed by atoms with E-state index < -0.39 is 0 Å². The predicted molar refractivity (Wildman–Crippen MR) is 131 cm³/mol. The van der Waals surface area contributed by atoms with Crippen molar-refractivity contribution in [1.29, 1.82) is 0 Å². The molecule has 1 N–H and O–H groups in total. The summed E-state index contributed by atoms with van der Waals surface area (Å²) < 4.78 is 15.6. The Kier molecular flexibility index (Phi) is 4.73. The van der Waals surface area contributed by atoms with Crippen LogP contribution in [0.2, 0.25) is 0 Å². The molecule has 1 spiro atoms. The van der Waals surface area contributed by atoms with Crippen LogP contribution in [-0.2, 0) is 11.8 Å². The molecular formula is C28H26FN3O2. The maximum atomic E-state index is 13.4. The van der Waals surface area contributed by atoms with Crippen molar-refractivity contribution < 1.29 is 14.0 Å².